The molecule has 6 N–H and O–H groups in total. The van der Waals surface area contributed by atoms with E-state index < -0.39 is 11.6 Å². The van der Waals surface area contributed by atoms with Crippen molar-refractivity contribution in [3.63, 3.8) is 0 Å². The van der Waals surface area contributed by atoms with Gasteiger partial charge in [0.25, 0.3) is 0 Å². The number of Topliss-reactive ketones (excluding diaryl/α,β-unsaturated/α-hetero) is 1. The van der Waals surface area contributed by atoms with Crippen molar-refractivity contribution in [1.29, 1.82) is 0 Å². The molecule has 0 saturated heterocycles. The highest BCUT2D eigenvalue weighted by Crippen LogP contribution is 2.46. The molecule has 0 fully saturated rings. The van der Waals surface area contributed by atoms with Crippen molar-refractivity contribution >= 4 is 46.5 Å². The van der Waals surface area contributed by atoms with Gasteiger partial charge in [0.05, 0.1) is 16.0 Å². The lowest BCUT2D eigenvalue weighted by atomic mass is 9.86. The first-order valence-corrected chi connectivity index (χ1v) is 12.9. The first-order valence-electron chi connectivity index (χ1n) is 11.2. The minimum atomic E-state index is -0.517. The molecule has 0 aromatic heterocycles. The molecule has 0 aliphatic heterocycles. The van der Waals surface area contributed by atoms with E-state index in [0.717, 1.165) is 15.4 Å². The van der Waals surface area contributed by atoms with Crippen molar-refractivity contribution in [2.24, 2.45) is 0 Å². The van der Waals surface area contributed by atoms with Crippen LogP contribution in [-0.2, 0) is 0 Å². The van der Waals surface area contributed by atoms with Crippen LogP contribution in [0.5, 0.6) is 11.5 Å². The van der Waals surface area contributed by atoms with Gasteiger partial charge >= 0.3 is 0 Å². The van der Waals surface area contributed by atoms with E-state index in [1.54, 1.807) is 36.4 Å². The molecule has 0 radical (unpaired) electrons. The van der Waals surface area contributed by atoms with Crippen molar-refractivity contribution < 1.29 is 19.8 Å². The van der Waals surface area contributed by atoms with Gasteiger partial charge in [0.1, 0.15) is 11.5 Å². The lowest BCUT2D eigenvalue weighted by Gasteiger charge is -2.24. The predicted octanol–water partition coefficient (Wildman–Crippen LogP) is 6.24. The van der Waals surface area contributed by atoms with Gasteiger partial charge in [-0.05, 0) is 80.9 Å². The van der Waals surface area contributed by atoms with Gasteiger partial charge in [-0.3, -0.25) is 9.59 Å². The first kappa shape index (κ1) is 25.5. The maximum Gasteiger partial charge on any atom is 0.194 e. The lowest BCUT2D eigenvalue weighted by molar-refractivity contribution is 0.0976. The molecule has 0 amide bonds. The number of carbonyl (C=O) groups excluding carboxylic acids is 2. The number of anilines is 2. The predicted molar refractivity (Wildman–Crippen MR) is 146 cm³/mol. The number of nitrogens with two attached hydrogens (primary N) is 2. The topological polar surface area (TPSA) is 127 Å². The normalized spacial score (nSPS) is 13.7. The van der Waals surface area contributed by atoms with Gasteiger partial charge in [0, 0.05) is 32.0 Å². The Bertz CT molecular complexity index is 1390. The van der Waals surface area contributed by atoms with Gasteiger partial charge in [0.15, 0.2) is 11.6 Å². The number of hydrogen-bond donors (Lipinski definition) is 4. The van der Waals surface area contributed by atoms with E-state index >= 15 is 0 Å². The molecule has 1 atom stereocenters. The summed E-state index contributed by atoms with van der Waals surface area (Å²) in [6.45, 7) is 3.93. The van der Waals surface area contributed by atoms with Crippen LogP contribution in [0.1, 0.15) is 41.0 Å². The highest BCUT2D eigenvalue weighted by molar-refractivity contribution is 8.00. The molecular weight excluding hydrogens is 492 g/mol. The number of phenols is 2. The van der Waals surface area contributed by atoms with Crippen LogP contribution in [0.3, 0.4) is 0 Å². The van der Waals surface area contributed by atoms with Crippen LogP contribution in [0.4, 0.5) is 11.4 Å². The van der Waals surface area contributed by atoms with Crippen LogP contribution < -0.4 is 11.5 Å². The van der Waals surface area contributed by atoms with Gasteiger partial charge in [0.2, 0.25) is 0 Å². The van der Waals surface area contributed by atoms with Crippen molar-refractivity contribution in [2.75, 3.05) is 11.5 Å². The number of hydrogen-bond acceptors (Lipinski definition) is 8. The Kier molecular flexibility index (Phi) is 7.47. The molecule has 1 unspecified atom stereocenters. The molecule has 3 aromatic carbocycles. The smallest absolute Gasteiger partial charge is 0.194 e. The Balaban J connectivity index is 1.74. The Morgan fingerprint density at radius 2 is 1.50 bits per heavy atom. The van der Waals surface area contributed by atoms with Crippen molar-refractivity contribution in [2.45, 2.75) is 40.2 Å². The number of fused-ring (bicyclic) bond motifs is 1. The van der Waals surface area contributed by atoms with E-state index in [4.69, 9.17) is 11.5 Å². The fourth-order valence-electron chi connectivity index (χ4n) is 3.80. The molecule has 0 saturated carbocycles. The zero-order chi connectivity index (χ0) is 26.0. The number of allylic oxidation sites excluding steroid dienone is 3. The van der Waals surface area contributed by atoms with Crippen molar-refractivity contribution in [3.05, 3.63) is 89.0 Å². The lowest BCUT2D eigenvalue weighted by Crippen LogP contribution is -2.24. The Morgan fingerprint density at radius 3 is 2.08 bits per heavy atom. The molecule has 3 aromatic rings. The van der Waals surface area contributed by atoms with Gasteiger partial charge in [-0.2, -0.15) is 0 Å². The Labute approximate surface area is 218 Å². The van der Waals surface area contributed by atoms with E-state index in [9.17, 15) is 19.8 Å². The van der Waals surface area contributed by atoms with Crippen LogP contribution in [-0.4, -0.2) is 27.0 Å². The first-order chi connectivity index (χ1) is 17.1. The number of thioether (sulfide) groups is 1. The summed E-state index contributed by atoms with van der Waals surface area (Å²) in [5.41, 5.74) is 13.8. The van der Waals surface area contributed by atoms with Gasteiger partial charge in [-0.1, -0.05) is 23.4 Å². The van der Waals surface area contributed by atoms with Crippen molar-refractivity contribution in [3.8, 4) is 11.5 Å². The second kappa shape index (κ2) is 10.6. The van der Waals surface area contributed by atoms with Crippen LogP contribution in [0.15, 0.2) is 92.6 Å². The molecular formula is C28H26N2O4S2. The summed E-state index contributed by atoms with van der Waals surface area (Å²) < 4.78 is 0. The van der Waals surface area contributed by atoms with Crippen LogP contribution in [0, 0.1) is 0 Å². The SMILES string of the molecule is CC(C)=CCC(Sc1ccc(N)cc1)C1=CC(=O)c2c(O)cc(Sc3ccc(N)cc3)c(O)c2C1=O. The van der Waals surface area contributed by atoms with Crippen LogP contribution in [0.25, 0.3) is 0 Å². The highest BCUT2D eigenvalue weighted by Gasteiger charge is 2.36. The number of carbonyl (C=O) groups is 2. The summed E-state index contributed by atoms with van der Waals surface area (Å²) in [7, 11) is 0. The molecule has 6 nitrogen and oxygen atoms in total. The number of nitrogen functional groups attached to an aromatic ring is 2. The summed E-state index contributed by atoms with van der Waals surface area (Å²) in [4.78, 5) is 28.8. The zero-order valence-corrected chi connectivity index (χ0v) is 21.5. The summed E-state index contributed by atoms with van der Waals surface area (Å²) >= 11 is 2.61. The number of benzene rings is 3. The number of phenolic OH excluding ortho intramolecular Hbond substituents is 2. The summed E-state index contributed by atoms with van der Waals surface area (Å²) in [5.74, 6) is -1.67. The molecule has 0 bridgehead atoms. The largest absolute Gasteiger partial charge is 0.507 e. The van der Waals surface area contributed by atoms with E-state index in [1.807, 2.05) is 32.1 Å². The van der Waals surface area contributed by atoms with E-state index in [1.165, 1.54) is 35.7 Å². The van der Waals surface area contributed by atoms with E-state index in [0.29, 0.717) is 17.8 Å². The van der Waals surface area contributed by atoms with Gasteiger partial charge in [-0.15, -0.1) is 11.8 Å². The third kappa shape index (κ3) is 5.45. The molecule has 184 valence electrons. The van der Waals surface area contributed by atoms with Gasteiger partial charge in [-0.25, -0.2) is 0 Å². The molecule has 8 heteroatoms. The van der Waals surface area contributed by atoms with Crippen LogP contribution in [0.2, 0.25) is 0 Å². The second-order valence-electron chi connectivity index (χ2n) is 8.65. The average molecular weight is 519 g/mol. The number of aromatic hydroxyl groups is 2. The third-order valence-corrected chi connectivity index (χ3v) is 7.93. The summed E-state index contributed by atoms with van der Waals surface area (Å²) in [6.07, 6.45) is 3.79. The average Bonchev–Trinajstić information content (AvgIpc) is 2.83. The Hall–Kier alpha value is -3.62. The fourth-order valence-corrected chi connectivity index (χ4v) is 5.81. The van der Waals surface area contributed by atoms with E-state index in [-0.39, 0.29) is 38.3 Å². The standard InChI is InChI=1S/C28H26N2O4S2/c1-15(2)3-12-23(35-18-8-4-16(29)5-9-18)20-13-21(31)25-22(32)14-24(28(34)26(25)27(20)33)36-19-10-6-17(30)7-11-19/h3-11,13-14,23,32,34H,12,29-30H2,1-2H3. The maximum absolute atomic E-state index is 13.7. The number of ketones is 2. The minimum Gasteiger partial charge on any atom is -0.507 e. The van der Waals surface area contributed by atoms with Crippen molar-refractivity contribution in [1.82, 2.24) is 0 Å². The van der Waals surface area contributed by atoms with Gasteiger partial charge < -0.3 is 21.7 Å². The highest BCUT2D eigenvalue weighted by atomic mass is 32.2. The Morgan fingerprint density at radius 1 is 0.917 bits per heavy atom. The minimum absolute atomic E-state index is 0.171. The number of rotatable bonds is 7. The molecule has 1 aliphatic rings. The molecule has 36 heavy (non-hydrogen) atoms. The second-order valence-corrected chi connectivity index (χ2v) is 11.0. The molecule has 1 aliphatic carbocycles. The fraction of sp³-hybridized carbons (Fsp3) is 0.143. The quantitative estimate of drug-likeness (QED) is 0.125. The van der Waals surface area contributed by atoms with E-state index in [2.05, 4.69) is 0 Å². The molecule has 0 heterocycles. The summed E-state index contributed by atoms with van der Waals surface area (Å²) in [6, 6.07) is 15.6. The monoisotopic (exact) mass is 518 g/mol. The zero-order valence-electron chi connectivity index (χ0n) is 19.8. The third-order valence-electron chi connectivity index (χ3n) is 5.62. The summed E-state index contributed by atoms with van der Waals surface area (Å²) in [5, 5.41) is 21.4. The molecule has 4 rings (SSSR count). The van der Waals surface area contributed by atoms with Crippen LogP contribution >= 0.6 is 23.5 Å². The molecule has 0 spiro atoms. The maximum atomic E-state index is 13.7.